The molecule has 0 bridgehead atoms. The van der Waals surface area contributed by atoms with E-state index in [4.69, 9.17) is 16.3 Å². The third-order valence-electron chi connectivity index (χ3n) is 4.93. The average molecular weight is 447 g/mol. The number of carbonyl (C=O) groups is 1. The molecule has 4 rings (SSSR count). The second kappa shape index (κ2) is 9.40. The minimum atomic E-state index is -0.234. The monoisotopic (exact) mass is 446 g/mol. The van der Waals surface area contributed by atoms with Gasteiger partial charge >= 0.3 is 0 Å². The van der Waals surface area contributed by atoms with E-state index in [1.807, 2.05) is 11.0 Å². The van der Waals surface area contributed by atoms with E-state index in [0.29, 0.717) is 52.5 Å². The fourth-order valence-electron chi connectivity index (χ4n) is 3.34. The van der Waals surface area contributed by atoms with E-state index >= 15 is 0 Å². The van der Waals surface area contributed by atoms with Crippen LogP contribution in [0.15, 0.2) is 48.5 Å². The molecule has 1 aliphatic heterocycles. The highest BCUT2D eigenvalue weighted by Gasteiger charge is 2.26. The number of rotatable bonds is 6. The number of carbonyl (C=O) groups excluding carboxylic acids is 1. The SMILES string of the molecule is O=C(Nc1nnc(COc2ccc(Cl)cc2)s1)C1CCN(c2ccccc2F)CC1. The number of anilines is 2. The van der Waals surface area contributed by atoms with E-state index < -0.39 is 0 Å². The number of nitrogens with zero attached hydrogens (tertiary/aromatic N) is 3. The van der Waals surface area contributed by atoms with Crippen LogP contribution in [0, 0.1) is 11.7 Å². The smallest absolute Gasteiger partial charge is 0.229 e. The van der Waals surface area contributed by atoms with E-state index in [2.05, 4.69) is 15.5 Å². The van der Waals surface area contributed by atoms with Crippen LogP contribution in [0.5, 0.6) is 5.75 Å². The van der Waals surface area contributed by atoms with E-state index in [0.717, 1.165) is 0 Å². The molecule has 9 heteroatoms. The zero-order chi connectivity index (χ0) is 20.9. The van der Waals surface area contributed by atoms with Gasteiger partial charge in [0.25, 0.3) is 0 Å². The minimum Gasteiger partial charge on any atom is -0.486 e. The van der Waals surface area contributed by atoms with Gasteiger partial charge in [0, 0.05) is 24.0 Å². The van der Waals surface area contributed by atoms with E-state index in [9.17, 15) is 9.18 Å². The summed E-state index contributed by atoms with van der Waals surface area (Å²) in [4.78, 5) is 14.6. The number of aromatic nitrogens is 2. The maximum Gasteiger partial charge on any atom is 0.229 e. The summed E-state index contributed by atoms with van der Waals surface area (Å²) in [6.07, 6.45) is 1.32. The Balaban J connectivity index is 1.26. The van der Waals surface area contributed by atoms with Crippen molar-refractivity contribution in [3.05, 3.63) is 64.4 Å². The van der Waals surface area contributed by atoms with Crippen molar-refractivity contribution in [2.24, 2.45) is 5.92 Å². The summed E-state index contributed by atoms with van der Waals surface area (Å²) < 4.78 is 19.6. The van der Waals surface area contributed by atoms with Gasteiger partial charge in [-0.25, -0.2) is 4.39 Å². The number of hydrogen-bond donors (Lipinski definition) is 1. The molecule has 2 aromatic carbocycles. The lowest BCUT2D eigenvalue weighted by Gasteiger charge is -2.33. The number of benzene rings is 2. The second-order valence-electron chi connectivity index (χ2n) is 6.95. The number of piperidine rings is 1. The number of halogens is 2. The van der Waals surface area contributed by atoms with Gasteiger partial charge in [-0.05, 0) is 49.2 Å². The molecule has 0 atom stereocenters. The van der Waals surface area contributed by atoms with Crippen LogP contribution in [0.3, 0.4) is 0 Å². The van der Waals surface area contributed by atoms with Crippen LogP contribution in [-0.4, -0.2) is 29.2 Å². The molecule has 1 aliphatic rings. The Bertz CT molecular complexity index is 1010. The lowest BCUT2D eigenvalue weighted by atomic mass is 9.95. The first-order valence-corrected chi connectivity index (χ1v) is 10.8. The predicted molar refractivity (Wildman–Crippen MR) is 116 cm³/mol. The molecule has 6 nitrogen and oxygen atoms in total. The summed E-state index contributed by atoms with van der Waals surface area (Å²) >= 11 is 7.14. The molecule has 1 saturated heterocycles. The Kier molecular flexibility index (Phi) is 6.44. The molecule has 2 heterocycles. The van der Waals surface area contributed by atoms with Crippen molar-refractivity contribution in [2.75, 3.05) is 23.3 Å². The normalized spacial score (nSPS) is 14.5. The molecule has 156 valence electrons. The first-order valence-electron chi connectivity index (χ1n) is 9.59. The number of amides is 1. The third-order valence-corrected chi connectivity index (χ3v) is 6.00. The van der Waals surface area contributed by atoms with E-state index in [1.165, 1.54) is 17.4 Å². The number of nitrogens with one attached hydrogen (secondary N) is 1. The highest BCUT2D eigenvalue weighted by Crippen LogP contribution is 2.27. The van der Waals surface area contributed by atoms with Crippen molar-refractivity contribution in [1.29, 1.82) is 0 Å². The summed E-state index contributed by atoms with van der Waals surface area (Å²) in [6, 6.07) is 13.8. The predicted octanol–water partition coefficient (Wildman–Crippen LogP) is 4.76. The van der Waals surface area contributed by atoms with Crippen molar-refractivity contribution in [3.8, 4) is 5.75 Å². The summed E-state index contributed by atoms with van der Waals surface area (Å²) in [5, 5.41) is 12.7. The van der Waals surface area contributed by atoms with Gasteiger partial charge in [-0.2, -0.15) is 0 Å². The number of hydrogen-bond acceptors (Lipinski definition) is 6. The van der Waals surface area contributed by atoms with Crippen molar-refractivity contribution in [1.82, 2.24) is 10.2 Å². The zero-order valence-electron chi connectivity index (χ0n) is 16.1. The van der Waals surface area contributed by atoms with Gasteiger partial charge < -0.3 is 15.0 Å². The first-order chi connectivity index (χ1) is 14.6. The van der Waals surface area contributed by atoms with Gasteiger partial charge in [-0.3, -0.25) is 4.79 Å². The Morgan fingerprint density at radius 2 is 1.90 bits per heavy atom. The van der Waals surface area contributed by atoms with Crippen LogP contribution in [0.25, 0.3) is 0 Å². The van der Waals surface area contributed by atoms with E-state index in [1.54, 1.807) is 36.4 Å². The molecular weight excluding hydrogens is 427 g/mol. The number of para-hydroxylation sites is 1. The molecule has 0 radical (unpaired) electrons. The van der Waals surface area contributed by atoms with Crippen LogP contribution >= 0.6 is 22.9 Å². The van der Waals surface area contributed by atoms with Gasteiger partial charge in [-0.1, -0.05) is 35.1 Å². The van der Waals surface area contributed by atoms with Gasteiger partial charge in [0.2, 0.25) is 11.0 Å². The molecule has 1 aromatic heterocycles. The van der Waals surface area contributed by atoms with Crippen LogP contribution in [0.1, 0.15) is 17.8 Å². The fourth-order valence-corrected chi connectivity index (χ4v) is 4.12. The standard InChI is InChI=1S/C21H20ClFN4O2S/c22-15-5-7-16(8-6-15)29-13-19-25-26-21(30-19)24-20(28)14-9-11-27(12-10-14)18-4-2-1-3-17(18)23/h1-8,14H,9-13H2,(H,24,26,28). The van der Waals surface area contributed by atoms with E-state index in [-0.39, 0.29) is 24.2 Å². The lowest BCUT2D eigenvalue weighted by molar-refractivity contribution is -0.120. The van der Waals surface area contributed by atoms with Crippen molar-refractivity contribution < 1.29 is 13.9 Å². The van der Waals surface area contributed by atoms with Gasteiger partial charge in [0.05, 0.1) is 5.69 Å². The molecule has 0 saturated carbocycles. The zero-order valence-corrected chi connectivity index (χ0v) is 17.6. The Morgan fingerprint density at radius 1 is 1.17 bits per heavy atom. The van der Waals surface area contributed by atoms with Crippen molar-refractivity contribution in [2.45, 2.75) is 19.4 Å². The quantitative estimate of drug-likeness (QED) is 0.591. The second-order valence-corrected chi connectivity index (χ2v) is 8.44. The topological polar surface area (TPSA) is 67.3 Å². The van der Waals surface area contributed by atoms with Crippen molar-refractivity contribution in [3.63, 3.8) is 0 Å². The molecule has 1 fully saturated rings. The maximum atomic E-state index is 14.0. The summed E-state index contributed by atoms with van der Waals surface area (Å²) in [6.45, 7) is 1.53. The van der Waals surface area contributed by atoms with Gasteiger partial charge in [-0.15, -0.1) is 10.2 Å². The van der Waals surface area contributed by atoms with Crippen LogP contribution in [0.4, 0.5) is 15.2 Å². The minimum absolute atomic E-state index is 0.0792. The lowest BCUT2D eigenvalue weighted by Crippen LogP contribution is -2.38. The number of ether oxygens (including phenoxy) is 1. The summed E-state index contributed by atoms with van der Waals surface area (Å²) in [5.74, 6) is 0.236. The van der Waals surface area contributed by atoms with Gasteiger partial charge in [0.1, 0.15) is 18.2 Å². The van der Waals surface area contributed by atoms with Crippen LogP contribution < -0.4 is 15.0 Å². The molecule has 1 N–H and O–H groups in total. The van der Waals surface area contributed by atoms with Crippen LogP contribution in [0.2, 0.25) is 5.02 Å². The van der Waals surface area contributed by atoms with Crippen molar-refractivity contribution >= 4 is 39.7 Å². The maximum absolute atomic E-state index is 14.0. The highest BCUT2D eigenvalue weighted by atomic mass is 35.5. The third kappa shape index (κ3) is 5.06. The highest BCUT2D eigenvalue weighted by molar-refractivity contribution is 7.15. The first kappa shape index (κ1) is 20.6. The molecule has 30 heavy (non-hydrogen) atoms. The molecule has 1 amide bonds. The molecule has 3 aromatic rings. The Labute approximate surface area is 182 Å². The summed E-state index contributed by atoms with van der Waals surface area (Å²) in [5.41, 5.74) is 0.589. The molecule has 0 spiro atoms. The average Bonchev–Trinajstić information content (AvgIpc) is 3.21. The Hall–Kier alpha value is -2.71. The molecule has 0 aliphatic carbocycles. The largest absolute Gasteiger partial charge is 0.486 e. The summed E-state index contributed by atoms with van der Waals surface area (Å²) in [7, 11) is 0. The van der Waals surface area contributed by atoms with Crippen LogP contribution in [-0.2, 0) is 11.4 Å². The molecule has 0 unspecified atom stereocenters. The fraction of sp³-hybridized carbons (Fsp3) is 0.286. The molecular formula is C21H20ClFN4O2S. The van der Waals surface area contributed by atoms with Gasteiger partial charge in [0.15, 0.2) is 5.01 Å². The Morgan fingerprint density at radius 3 is 2.63 bits per heavy atom.